The molecule has 7 heteroatoms. The van der Waals surface area contributed by atoms with Crippen LogP contribution in [0.25, 0.3) is 0 Å². The van der Waals surface area contributed by atoms with Crippen molar-refractivity contribution in [3.8, 4) is 5.75 Å². The van der Waals surface area contributed by atoms with Gasteiger partial charge in [-0.1, -0.05) is 0 Å². The minimum Gasteiger partial charge on any atom is -0.494 e. The van der Waals surface area contributed by atoms with Crippen molar-refractivity contribution in [1.82, 2.24) is 0 Å². The Kier molecular flexibility index (Phi) is 4.25. The molecule has 0 spiro atoms. The number of nitrogens with two attached hydrogens (primary N) is 3. The summed E-state index contributed by atoms with van der Waals surface area (Å²) in [6, 6.07) is 4.79. The van der Waals surface area contributed by atoms with Crippen LogP contribution in [0.3, 0.4) is 0 Å². The van der Waals surface area contributed by atoms with E-state index < -0.39 is 0 Å². The fourth-order valence-electron chi connectivity index (χ4n) is 1.27. The second-order valence-corrected chi connectivity index (χ2v) is 3.45. The Morgan fingerprint density at radius 3 is 2.44 bits per heavy atom. The van der Waals surface area contributed by atoms with Gasteiger partial charge in [-0.3, -0.25) is 4.79 Å². The number of benzene rings is 1. The zero-order valence-corrected chi connectivity index (χ0v) is 10.2. The maximum atomic E-state index is 11.2. The summed E-state index contributed by atoms with van der Waals surface area (Å²) >= 11 is 0. The monoisotopic (exact) mass is 249 g/mol. The highest BCUT2D eigenvalue weighted by atomic mass is 16.5. The van der Waals surface area contributed by atoms with Crippen molar-refractivity contribution in [2.24, 2.45) is 27.2 Å². The van der Waals surface area contributed by atoms with Gasteiger partial charge in [0, 0.05) is 5.56 Å². The van der Waals surface area contributed by atoms with E-state index in [9.17, 15) is 4.79 Å². The summed E-state index contributed by atoms with van der Waals surface area (Å²) in [6.07, 6.45) is 0. The van der Waals surface area contributed by atoms with E-state index in [1.54, 1.807) is 18.2 Å². The summed E-state index contributed by atoms with van der Waals surface area (Å²) in [7, 11) is 1.47. The molecular weight excluding hydrogens is 234 g/mol. The van der Waals surface area contributed by atoms with Crippen LogP contribution in [0.15, 0.2) is 28.2 Å². The number of guanidine groups is 2. The summed E-state index contributed by atoms with van der Waals surface area (Å²) in [5, 5.41) is 0. The second-order valence-electron chi connectivity index (χ2n) is 3.45. The molecule has 0 heterocycles. The standard InChI is InChI=1S/C11H15N5O2/c1-6(17)7-3-4-8(9(5-7)18-2)15-11(14)16-10(12)13/h3-5H,1-2H3,(H6,12,13,14,15,16). The maximum Gasteiger partial charge on any atom is 0.223 e. The molecule has 0 aliphatic rings. The smallest absolute Gasteiger partial charge is 0.223 e. The quantitative estimate of drug-likeness (QED) is 0.398. The third-order valence-electron chi connectivity index (χ3n) is 2.06. The number of carbonyl (C=O) groups is 1. The number of ether oxygens (including phenoxy) is 1. The average molecular weight is 249 g/mol. The van der Waals surface area contributed by atoms with E-state index in [0.29, 0.717) is 17.0 Å². The molecule has 0 aliphatic carbocycles. The van der Waals surface area contributed by atoms with Gasteiger partial charge < -0.3 is 21.9 Å². The van der Waals surface area contributed by atoms with Crippen molar-refractivity contribution < 1.29 is 9.53 Å². The number of carbonyl (C=O) groups excluding carboxylic acids is 1. The number of aliphatic imine (C=N–C) groups is 2. The molecule has 0 aliphatic heterocycles. The zero-order valence-electron chi connectivity index (χ0n) is 10.2. The molecule has 0 unspecified atom stereocenters. The molecule has 96 valence electrons. The third-order valence-corrected chi connectivity index (χ3v) is 2.06. The van der Waals surface area contributed by atoms with Crippen molar-refractivity contribution in [1.29, 1.82) is 0 Å². The number of methoxy groups -OCH3 is 1. The van der Waals surface area contributed by atoms with Gasteiger partial charge in [0.1, 0.15) is 11.4 Å². The van der Waals surface area contributed by atoms with E-state index in [4.69, 9.17) is 21.9 Å². The van der Waals surface area contributed by atoms with Crippen LogP contribution >= 0.6 is 0 Å². The lowest BCUT2D eigenvalue weighted by molar-refractivity contribution is 0.101. The van der Waals surface area contributed by atoms with Gasteiger partial charge in [-0.25, -0.2) is 4.99 Å². The van der Waals surface area contributed by atoms with Crippen molar-refractivity contribution in [2.45, 2.75) is 6.92 Å². The first-order chi connectivity index (χ1) is 8.43. The molecule has 18 heavy (non-hydrogen) atoms. The molecule has 0 radical (unpaired) electrons. The van der Waals surface area contributed by atoms with Gasteiger partial charge in [0.05, 0.1) is 7.11 Å². The van der Waals surface area contributed by atoms with Crippen molar-refractivity contribution in [3.05, 3.63) is 23.8 Å². The Bertz CT molecular complexity index is 518. The van der Waals surface area contributed by atoms with Gasteiger partial charge in [-0.15, -0.1) is 0 Å². The minimum atomic E-state index is -0.185. The van der Waals surface area contributed by atoms with Crippen LogP contribution in [0.5, 0.6) is 5.75 Å². The SMILES string of the molecule is COc1cc(C(C)=O)ccc1N=C(N)N=C(N)N. The van der Waals surface area contributed by atoms with Crippen LogP contribution in [0, 0.1) is 0 Å². The molecule has 7 nitrogen and oxygen atoms in total. The molecule has 0 bridgehead atoms. The largest absolute Gasteiger partial charge is 0.494 e. The summed E-state index contributed by atoms with van der Waals surface area (Å²) in [6.45, 7) is 1.46. The topological polar surface area (TPSA) is 129 Å². The number of ketones is 1. The molecular formula is C11H15N5O2. The van der Waals surface area contributed by atoms with Crippen molar-refractivity contribution in [2.75, 3.05) is 7.11 Å². The maximum absolute atomic E-state index is 11.2. The average Bonchev–Trinajstić information content (AvgIpc) is 2.27. The first-order valence-electron chi connectivity index (χ1n) is 5.06. The zero-order chi connectivity index (χ0) is 13.7. The number of hydrogen-bond acceptors (Lipinski definition) is 3. The predicted molar refractivity (Wildman–Crippen MR) is 70.1 cm³/mol. The lowest BCUT2D eigenvalue weighted by atomic mass is 10.1. The van der Waals surface area contributed by atoms with Gasteiger partial charge >= 0.3 is 0 Å². The Balaban J connectivity index is 3.18. The van der Waals surface area contributed by atoms with Crippen LogP contribution in [0.4, 0.5) is 5.69 Å². The Morgan fingerprint density at radius 2 is 1.94 bits per heavy atom. The summed E-state index contributed by atoms with van der Waals surface area (Å²) < 4.78 is 5.12. The number of Topliss-reactive ketones (excluding diaryl/α,β-unsaturated/α-hetero) is 1. The molecule has 0 saturated heterocycles. The highest BCUT2D eigenvalue weighted by Gasteiger charge is 2.07. The van der Waals surface area contributed by atoms with Gasteiger partial charge in [0.25, 0.3) is 0 Å². The van der Waals surface area contributed by atoms with Gasteiger partial charge in [-0.2, -0.15) is 4.99 Å². The molecule has 1 aromatic rings. The molecule has 0 amide bonds. The lowest BCUT2D eigenvalue weighted by Crippen LogP contribution is -2.26. The van der Waals surface area contributed by atoms with Crippen LogP contribution < -0.4 is 21.9 Å². The van der Waals surface area contributed by atoms with E-state index in [1.807, 2.05) is 0 Å². The van der Waals surface area contributed by atoms with E-state index in [2.05, 4.69) is 9.98 Å². The molecule has 1 rings (SSSR count). The van der Waals surface area contributed by atoms with E-state index in [-0.39, 0.29) is 17.7 Å². The van der Waals surface area contributed by atoms with Gasteiger partial charge in [-0.05, 0) is 25.1 Å². The normalized spacial score (nSPS) is 10.9. The summed E-state index contributed by atoms with van der Waals surface area (Å²) in [4.78, 5) is 18.8. The first-order valence-corrected chi connectivity index (χ1v) is 5.06. The Hall–Kier alpha value is -2.57. The van der Waals surface area contributed by atoms with Crippen molar-refractivity contribution in [3.63, 3.8) is 0 Å². The highest BCUT2D eigenvalue weighted by Crippen LogP contribution is 2.28. The molecule has 0 atom stereocenters. The summed E-state index contributed by atoms with van der Waals surface area (Å²) in [5.41, 5.74) is 16.8. The number of hydrogen-bond donors (Lipinski definition) is 3. The van der Waals surface area contributed by atoms with Crippen LogP contribution in [-0.4, -0.2) is 24.8 Å². The van der Waals surface area contributed by atoms with E-state index in [0.717, 1.165) is 0 Å². The Morgan fingerprint density at radius 1 is 1.28 bits per heavy atom. The highest BCUT2D eigenvalue weighted by molar-refractivity contribution is 5.96. The number of nitrogens with zero attached hydrogens (tertiary/aromatic N) is 2. The molecule has 0 aromatic heterocycles. The van der Waals surface area contributed by atoms with Crippen LogP contribution in [0.2, 0.25) is 0 Å². The molecule has 6 N–H and O–H groups in total. The fourth-order valence-corrected chi connectivity index (χ4v) is 1.27. The van der Waals surface area contributed by atoms with Crippen molar-refractivity contribution >= 4 is 23.4 Å². The second kappa shape index (κ2) is 5.67. The lowest BCUT2D eigenvalue weighted by Gasteiger charge is -2.06. The third kappa shape index (κ3) is 3.48. The van der Waals surface area contributed by atoms with Crippen LogP contribution in [-0.2, 0) is 0 Å². The molecule has 0 fully saturated rings. The first kappa shape index (κ1) is 13.5. The fraction of sp³-hybridized carbons (Fsp3) is 0.182. The summed E-state index contributed by atoms with van der Waals surface area (Å²) in [5.74, 6) is 0.0666. The van der Waals surface area contributed by atoms with Gasteiger partial charge in [0.2, 0.25) is 5.96 Å². The van der Waals surface area contributed by atoms with Crippen LogP contribution in [0.1, 0.15) is 17.3 Å². The minimum absolute atomic E-state index is 0.0685. The van der Waals surface area contributed by atoms with E-state index in [1.165, 1.54) is 14.0 Å². The molecule has 0 saturated carbocycles. The Labute approximate surface area is 104 Å². The molecule has 1 aromatic carbocycles. The van der Waals surface area contributed by atoms with Gasteiger partial charge in [0.15, 0.2) is 11.7 Å². The number of rotatable bonds is 3. The predicted octanol–water partition coefficient (Wildman–Crippen LogP) is 0.117. The van der Waals surface area contributed by atoms with E-state index >= 15 is 0 Å².